The molecule has 0 aromatic carbocycles. The van der Waals surface area contributed by atoms with Crippen LogP contribution in [0.25, 0.3) is 0 Å². The zero-order chi connectivity index (χ0) is 19.1. The van der Waals surface area contributed by atoms with Crippen LogP contribution >= 0.6 is 0 Å². The third kappa shape index (κ3) is 3.60. The van der Waals surface area contributed by atoms with Crippen LogP contribution in [0.5, 0.6) is 0 Å². The van der Waals surface area contributed by atoms with E-state index in [2.05, 4.69) is 9.97 Å². The Kier molecular flexibility index (Phi) is 4.94. The van der Waals surface area contributed by atoms with Crippen molar-refractivity contribution in [2.75, 3.05) is 43.1 Å². The summed E-state index contributed by atoms with van der Waals surface area (Å²) < 4.78 is 46.1. The summed E-state index contributed by atoms with van der Waals surface area (Å²) in [5.74, 6) is 0.617. The Balaban J connectivity index is 1.66. The number of rotatable bonds is 3. The van der Waals surface area contributed by atoms with E-state index in [9.17, 15) is 13.2 Å². The molecule has 3 fully saturated rings. The van der Waals surface area contributed by atoms with Crippen molar-refractivity contribution in [1.29, 1.82) is 0 Å². The van der Waals surface area contributed by atoms with Crippen LogP contribution in [0.4, 0.5) is 24.9 Å². The smallest absolute Gasteiger partial charge is 0.381 e. The van der Waals surface area contributed by atoms with Crippen LogP contribution in [0.2, 0.25) is 0 Å². The fraction of sp³-hybridized carbons (Fsp3) is 0.789. The van der Waals surface area contributed by atoms with E-state index < -0.39 is 11.9 Å². The Labute approximate surface area is 157 Å². The standard InChI is InChI=1S/C19H27F3N4O/c1-27-15-6-4-7-18(15)8-5-11-26(13-18)16-12-14(19(20,21)22)23-17(24-16)25-9-2-3-10-25/h12,15H,2-11,13H2,1H3/t15-,18-/m1/s1. The maximum atomic E-state index is 13.5. The van der Waals surface area contributed by atoms with Crippen molar-refractivity contribution in [3.8, 4) is 0 Å². The first-order valence-electron chi connectivity index (χ1n) is 9.90. The second kappa shape index (κ2) is 7.11. The average molecular weight is 384 g/mol. The van der Waals surface area contributed by atoms with E-state index in [0.29, 0.717) is 12.4 Å². The third-order valence-corrected chi connectivity index (χ3v) is 6.42. The molecule has 5 nitrogen and oxygen atoms in total. The number of hydrogen-bond donors (Lipinski definition) is 0. The summed E-state index contributed by atoms with van der Waals surface area (Å²) in [5.41, 5.74) is -0.812. The second-order valence-electron chi connectivity index (χ2n) is 8.11. The molecule has 3 heterocycles. The first-order chi connectivity index (χ1) is 12.9. The molecule has 1 spiro atoms. The molecule has 8 heteroatoms. The largest absolute Gasteiger partial charge is 0.433 e. The molecule has 0 N–H and O–H groups in total. The molecular formula is C19H27F3N4O. The minimum Gasteiger partial charge on any atom is -0.381 e. The molecule has 2 aliphatic heterocycles. The topological polar surface area (TPSA) is 41.5 Å². The van der Waals surface area contributed by atoms with Gasteiger partial charge < -0.3 is 14.5 Å². The summed E-state index contributed by atoms with van der Waals surface area (Å²) in [6, 6.07) is 1.12. The van der Waals surface area contributed by atoms with Gasteiger partial charge in [0, 0.05) is 44.8 Å². The van der Waals surface area contributed by atoms with Crippen LogP contribution in [0.3, 0.4) is 0 Å². The van der Waals surface area contributed by atoms with Gasteiger partial charge in [-0.15, -0.1) is 0 Å². The number of alkyl halides is 3. The van der Waals surface area contributed by atoms with Gasteiger partial charge in [0.05, 0.1) is 6.10 Å². The van der Waals surface area contributed by atoms with Crippen LogP contribution in [0, 0.1) is 5.41 Å². The second-order valence-corrected chi connectivity index (χ2v) is 8.11. The molecule has 3 aliphatic rings. The first kappa shape index (κ1) is 18.8. The van der Waals surface area contributed by atoms with E-state index in [1.807, 2.05) is 9.80 Å². The number of ether oxygens (including phenoxy) is 1. The summed E-state index contributed by atoms with van der Waals surface area (Å²) in [7, 11) is 1.74. The zero-order valence-electron chi connectivity index (χ0n) is 15.8. The average Bonchev–Trinajstić information content (AvgIpc) is 3.31. The Morgan fingerprint density at radius 1 is 1.04 bits per heavy atom. The quantitative estimate of drug-likeness (QED) is 0.791. The highest BCUT2D eigenvalue weighted by atomic mass is 19.4. The number of aromatic nitrogens is 2. The number of piperidine rings is 1. The highest BCUT2D eigenvalue weighted by molar-refractivity contribution is 5.48. The number of hydrogen-bond acceptors (Lipinski definition) is 5. The highest BCUT2D eigenvalue weighted by Gasteiger charge is 2.46. The number of halogens is 3. The van der Waals surface area contributed by atoms with Gasteiger partial charge in [-0.05, 0) is 38.5 Å². The van der Waals surface area contributed by atoms with E-state index in [0.717, 1.165) is 70.6 Å². The van der Waals surface area contributed by atoms with E-state index in [1.165, 1.54) is 0 Å². The van der Waals surface area contributed by atoms with Gasteiger partial charge in [-0.1, -0.05) is 6.42 Å². The molecule has 0 amide bonds. The molecular weight excluding hydrogens is 357 g/mol. The molecule has 27 heavy (non-hydrogen) atoms. The molecule has 0 radical (unpaired) electrons. The Hall–Kier alpha value is -1.57. The molecule has 1 aromatic heterocycles. The van der Waals surface area contributed by atoms with Crippen LogP contribution in [-0.2, 0) is 10.9 Å². The zero-order valence-corrected chi connectivity index (χ0v) is 15.8. The lowest BCUT2D eigenvalue weighted by Gasteiger charge is -2.44. The molecule has 2 saturated heterocycles. The van der Waals surface area contributed by atoms with Crippen LogP contribution in [-0.4, -0.2) is 49.4 Å². The fourth-order valence-electron chi connectivity index (χ4n) is 5.08. The summed E-state index contributed by atoms with van der Waals surface area (Å²) >= 11 is 0. The molecule has 0 unspecified atom stereocenters. The summed E-state index contributed by atoms with van der Waals surface area (Å²) in [6.07, 6.45) is 2.88. The maximum absolute atomic E-state index is 13.5. The van der Waals surface area contributed by atoms with E-state index in [4.69, 9.17) is 4.74 Å². The van der Waals surface area contributed by atoms with Gasteiger partial charge in [0.1, 0.15) is 5.82 Å². The van der Waals surface area contributed by atoms with E-state index in [1.54, 1.807) is 7.11 Å². The van der Waals surface area contributed by atoms with Crippen molar-refractivity contribution < 1.29 is 17.9 Å². The van der Waals surface area contributed by atoms with Gasteiger partial charge in [-0.3, -0.25) is 0 Å². The van der Waals surface area contributed by atoms with Gasteiger partial charge in [0.15, 0.2) is 5.69 Å². The molecule has 150 valence electrons. The minimum atomic E-state index is -4.47. The third-order valence-electron chi connectivity index (χ3n) is 6.42. The summed E-state index contributed by atoms with van der Waals surface area (Å²) in [6.45, 7) is 2.87. The van der Waals surface area contributed by atoms with Crippen LogP contribution in [0.1, 0.15) is 50.6 Å². The summed E-state index contributed by atoms with van der Waals surface area (Å²) in [5, 5.41) is 0. The predicted molar refractivity (Wildman–Crippen MR) is 97.0 cm³/mol. The lowest BCUT2D eigenvalue weighted by molar-refractivity contribution is -0.141. The lowest BCUT2D eigenvalue weighted by atomic mass is 9.76. The Bertz CT molecular complexity index is 677. The van der Waals surface area contributed by atoms with Crippen LogP contribution in [0.15, 0.2) is 6.07 Å². The molecule has 0 bridgehead atoms. The molecule has 4 rings (SSSR count). The highest BCUT2D eigenvalue weighted by Crippen LogP contribution is 2.47. The van der Waals surface area contributed by atoms with Crippen molar-refractivity contribution in [2.24, 2.45) is 5.41 Å². The molecule has 2 atom stereocenters. The normalized spacial score (nSPS) is 29.1. The van der Waals surface area contributed by atoms with Crippen molar-refractivity contribution in [2.45, 2.75) is 57.2 Å². The Morgan fingerprint density at radius 2 is 1.74 bits per heavy atom. The molecule has 1 aromatic rings. The van der Waals surface area contributed by atoms with Crippen molar-refractivity contribution in [1.82, 2.24) is 9.97 Å². The van der Waals surface area contributed by atoms with E-state index in [-0.39, 0.29) is 17.5 Å². The minimum absolute atomic E-state index is 0.0319. The fourth-order valence-corrected chi connectivity index (χ4v) is 5.08. The monoisotopic (exact) mass is 384 g/mol. The van der Waals surface area contributed by atoms with Gasteiger partial charge in [0.2, 0.25) is 5.95 Å². The maximum Gasteiger partial charge on any atom is 0.433 e. The molecule has 1 aliphatic carbocycles. The van der Waals surface area contributed by atoms with Gasteiger partial charge in [-0.2, -0.15) is 18.2 Å². The van der Waals surface area contributed by atoms with Crippen molar-refractivity contribution >= 4 is 11.8 Å². The first-order valence-corrected chi connectivity index (χ1v) is 9.90. The SMILES string of the molecule is CO[C@@H]1CCC[C@]12CCCN(c1cc(C(F)(F)F)nc(N3CCCC3)n1)C2. The van der Waals surface area contributed by atoms with Crippen molar-refractivity contribution in [3.05, 3.63) is 11.8 Å². The van der Waals surface area contributed by atoms with Crippen molar-refractivity contribution in [3.63, 3.8) is 0 Å². The number of methoxy groups -OCH3 is 1. The predicted octanol–water partition coefficient (Wildman–Crippen LogP) is 3.88. The van der Waals surface area contributed by atoms with E-state index >= 15 is 0 Å². The molecule has 1 saturated carbocycles. The van der Waals surface area contributed by atoms with Gasteiger partial charge >= 0.3 is 6.18 Å². The lowest BCUT2D eigenvalue weighted by Crippen LogP contribution is -2.48. The number of nitrogens with zero attached hydrogens (tertiary/aromatic N) is 4. The Morgan fingerprint density at radius 3 is 2.44 bits per heavy atom. The van der Waals surface area contributed by atoms with Crippen LogP contribution < -0.4 is 9.80 Å². The number of anilines is 2. The van der Waals surface area contributed by atoms with Gasteiger partial charge in [0.25, 0.3) is 0 Å². The van der Waals surface area contributed by atoms with Gasteiger partial charge in [-0.25, -0.2) is 4.98 Å². The summed E-state index contributed by atoms with van der Waals surface area (Å²) in [4.78, 5) is 12.3.